The number of unbranched alkanes of at least 4 members (excludes halogenated alkanes) is 2. The lowest BCUT2D eigenvalue weighted by Crippen LogP contribution is -2.16. The highest BCUT2D eigenvalue weighted by Gasteiger charge is 2.16. The van der Waals surface area contributed by atoms with Crippen LogP contribution in [-0.4, -0.2) is 13.2 Å². The number of benzene rings is 4. The van der Waals surface area contributed by atoms with Gasteiger partial charge in [-0.25, -0.2) is 0 Å². The highest BCUT2D eigenvalue weighted by molar-refractivity contribution is 5.80. The molecule has 0 fully saturated rings. The highest BCUT2D eigenvalue weighted by atomic mass is 16.5. The first-order valence-corrected chi connectivity index (χ1v) is 20.7. The predicted molar refractivity (Wildman–Crippen MR) is 235 cm³/mol. The van der Waals surface area contributed by atoms with Gasteiger partial charge in [0.1, 0.15) is 11.5 Å². The molecule has 0 radical (unpaired) electrons. The molecule has 1 aliphatic rings. The number of allylic oxidation sites excluding steroid dienone is 3. The Kier molecular flexibility index (Phi) is 16.3. The summed E-state index contributed by atoms with van der Waals surface area (Å²) in [6.45, 7) is 12.6. The summed E-state index contributed by atoms with van der Waals surface area (Å²) in [5.41, 5.74) is 9.17. The summed E-state index contributed by atoms with van der Waals surface area (Å²) < 4.78 is 13.5. The van der Waals surface area contributed by atoms with Gasteiger partial charge in [-0.2, -0.15) is 0 Å². The zero-order valence-corrected chi connectivity index (χ0v) is 33.6. The van der Waals surface area contributed by atoms with Crippen LogP contribution in [0.1, 0.15) is 120 Å². The Hall–Kier alpha value is -4.76. The minimum Gasteiger partial charge on any atom is -0.493 e. The Balaban J connectivity index is 1.49. The van der Waals surface area contributed by atoms with Gasteiger partial charge in [0.15, 0.2) is 0 Å². The molecule has 0 spiro atoms. The van der Waals surface area contributed by atoms with E-state index in [1.54, 1.807) is 0 Å². The van der Waals surface area contributed by atoms with Crippen LogP contribution in [0.25, 0.3) is 24.3 Å². The fraction of sp³-hybridized carbons (Fsp3) is 0.373. The number of anilines is 2. The molecule has 0 N–H and O–H groups in total. The van der Waals surface area contributed by atoms with Crippen molar-refractivity contribution in [1.82, 2.24) is 0 Å². The maximum absolute atomic E-state index is 6.75. The van der Waals surface area contributed by atoms with Crippen molar-refractivity contribution in [3.8, 4) is 11.5 Å². The number of para-hydroxylation sites is 1. The predicted octanol–water partition coefficient (Wildman–Crippen LogP) is 14.9. The monoisotopic (exact) mass is 721 g/mol. The van der Waals surface area contributed by atoms with E-state index in [1.165, 1.54) is 55.3 Å². The van der Waals surface area contributed by atoms with E-state index in [0.29, 0.717) is 25.0 Å². The van der Waals surface area contributed by atoms with Crippen LogP contribution in [0.2, 0.25) is 0 Å². The normalized spacial score (nSPS) is 14.0. The molecule has 0 bridgehead atoms. The van der Waals surface area contributed by atoms with Gasteiger partial charge in [-0.3, -0.25) is 0 Å². The third-order valence-electron chi connectivity index (χ3n) is 10.6. The molecule has 0 aliphatic heterocycles. The van der Waals surface area contributed by atoms with E-state index in [2.05, 4.69) is 173 Å². The van der Waals surface area contributed by atoms with Gasteiger partial charge < -0.3 is 14.4 Å². The highest BCUT2D eigenvalue weighted by Crippen LogP contribution is 2.35. The van der Waals surface area contributed by atoms with Crippen LogP contribution in [0.4, 0.5) is 11.4 Å². The lowest BCUT2D eigenvalue weighted by molar-refractivity contribution is 0.227. The summed E-state index contributed by atoms with van der Waals surface area (Å²) in [5, 5.41) is 0. The Bertz CT molecular complexity index is 1810. The number of nitrogens with zero attached hydrogens (tertiary/aromatic N) is 1. The molecule has 0 amide bonds. The number of rotatable bonds is 21. The van der Waals surface area contributed by atoms with Crippen LogP contribution >= 0.6 is 0 Å². The molecule has 0 saturated heterocycles. The van der Waals surface area contributed by atoms with Gasteiger partial charge in [-0.05, 0) is 98.0 Å². The molecule has 3 heteroatoms. The third kappa shape index (κ3) is 12.1. The SMILES string of the molecule is CCCCC(CC)COc1cc(/C=C/c2ccc(N(C3=CCCC=C3)c3ccccc3)cc2)c(OCC(CC)CCCC)cc1/C=C/c1ccc(C)cc1. The smallest absolute Gasteiger partial charge is 0.127 e. The maximum atomic E-state index is 6.75. The quantitative estimate of drug-likeness (QED) is 0.0800. The summed E-state index contributed by atoms with van der Waals surface area (Å²) in [4.78, 5) is 2.34. The molecule has 0 aromatic heterocycles. The van der Waals surface area contributed by atoms with Crippen molar-refractivity contribution >= 4 is 35.7 Å². The molecule has 3 nitrogen and oxygen atoms in total. The van der Waals surface area contributed by atoms with Crippen LogP contribution in [0.5, 0.6) is 11.5 Å². The van der Waals surface area contributed by atoms with Gasteiger partial charge in [0, 0.05) is 28.2 Å². The summed E-state index contributed by atoms with van der Waals surface area (Å²) in [6, 6.07) is 32.6. The first kappa shape index (κ1) is 40.4. The van der Waals surface area contributed by atoms with Gasteiger partial charge in [-0.1, -0.05) is 163 Å². The minimum atomic E-state index is 0.530. The van der Waals surface area contributed by atoms with Crippen molar-refractivity contribution in [2.24, 2.45) is 11.8 Å². The van der Waals surface area contributed by atoms with Gasteiger partial charge in [-0.15, -0.1) is 0 Å². The van der Waals surface area contributed by atoms with Crippen LogP contribution in [-0.2, 0) is 0 Å². The number of aryl methyl sites for hydroxylation is 1. The molecule has 54 heavy (non-hydrogen) atoms. The van der Waals surface area contributed by atoms with Crippen molar-refractivity contribution < 1.29 is 9.47 Å². The second-order valence-electron chi connectivity index (χ2n) is 14.8. The topological polar surface area (TPSA) is 21.7 Å². The lowest BCUT2D eigenvalue weighted by Gasteiger charge is -2.27. The molecule has 4 aromatic rings. The van der Waals surface area contributed by atoms with Gasteiger partial charge in [0.25, 0.3) is 0 Å². The average molecular weight is 722 g/mol. The van der Waals surface area contributed by atoms with Crippen molar-refractivity contribution in [3.05, 3.63) is 143 Å². The molecular weight excluding hydrogens is 659 g/mol. The Morgan fingerprint density at radius 2 is 1.13 bits per heavy atom. The van der Waals surface area contributed by atoms with Crippen LogP contribution in [0.15, 0.2) is 115 Å². The Labute approximate surface area is 327 Å². The zero-order valence-electron chi connectivity index (χ0n) is 33.6. The second-order valence-corrected chi connectivity index (χ2v) is 14.8. The summed E-state index contributed by atoms with van der Waals surface area (Å²) in [7, 11) is 0. The summed E-state index contributed by atoms with van der Waals surface area (Å²) in [6.07, 6.45) is 27.3. The van der Waals surface area contributed by atoms with E-state index in [0.717, 1.165) is 65.2 Å². The molecule has 4 aromatic carbocycles. The van der Waals surface area contributed by atoms with Crippen LogP contribution < -0.4 is 14.4 Å². The van der Waals surface area contributed by atoms with Crippen LogP contribution in [0.3, 0.4) is 0 Å². The van der Waals surface area contributed by atoms with E-state index < -0.39 is 0 Å². The Morgan fingerprint density at radius 3 is 1.61 bits per heavy atom. The third-order valence-corrected chi connectivity index (χ3v) is 10.6. The van der Waals surface area contributed by atoms with Crippen molar-refractivity contribution in [2.75, 3.05) is 18.1 Å². The fourth-order valence-corrected chi connectivity index (χ4v) is 6.89. The molecule has 284 valence electrons. The fourth-order valence-electron chi connectivity index (χ4n) is 6.89. The molecule has 0 saturated carbocycles. The van der Waals surface area contributed by atoms with Crippen molar-refractivity contribution in [1.29, 1.82) is 0 Å². The van der Waals surface area contributed by atoms with Crippen molar-refractivity contribution in [2.45, 2.75) is 98.8 Å². The number of hydrogen-bond donors (Lipinski definition) is 0. The first-order chi connectivity index (χ1) is 26.5. The minimum absolute atomic E-state index is 0.530. The standard InChI is InChI=1S/C51H63NO2/c1-6-10-18-41(8-3)38-53-50-37-46(51(54-39-42(9-4)19-11-7-2)36-45(50)32-28-43-26-24-40(5)25-27-43)33-29-44-30-34-49(35-31-44)52(47-20-14-12-15-21-47)48-22-16-13-17-23-48/h12,14-16,20-37,41-42H,6-11,13,17-19,38-39H2,1-5H3/b32-28+,33-29+. The van der Waals surface area contributed by atoms with Gasteiger partial charge in [0.05, 0.1) is 13.2 Å². The van der Waals surface area contributed by atoms with Gasteiger partial charge >= 0.3 is 0 Å². The zero-order chi connectivity index (χ0) is 38.0. The summed E-state index contributed by atoms with van der Waals surface area (Å²) >= 11 is 0. The van der Waals surface area contributed by atoms with E-state index >= 15 is 0 Å². The maximum Gasteiger partial charge on any atom is 0.127 e. The number of hydrogen-bond acceptors (Lipinski definition) is 3. The number of ether oxygens (including phenoxy) is 2. The average Bonchev–Trinajstić information content (AvgIpc) is 3.22. The van der Waals surface area contributed by atoms with E-state index in [4.69, 9.17) is 9.47 Å². The van der Waals surface area contributed by atoms with Crippen molar-refractivity contribution in [3.63, 3.8) is 0 Å². The van der Waals surface area contributed by atoms with Crippen LogP contribution in [0, 0.1) is 18.8 Å². The lowest BCUT2D eigenvalue weighted by atomic mass is 10.00. The summed E-state index contributed by atoms with van der Waals surface area (Å²) in [5.74, 6) is 2.87. The molecule has 1 aliphatic carbocycles. The second kappa shape index (κ2) is 21.8. The molecular formula is C51H63NO2. The van der Waals surface area contributed by atoms with E-state index in [1.807, 2.05) is 0 Å². The molecule has 2 atom stereocenters. The van der Waals surface area contributed by atoms with E-state index in [9.17, 15) is 0 Å². The molecule has 5 rings (SSSR count). The van der Waals surface area contributed by atoms with E-state index in [-0.39, 0.29) is 0 Å². The largest absolute Gasteiger partial charge is 0.493 e. The molecule has 0 heterocycles. The first-order valence-electron chi connectivity index (χ1n) is 20.7. The van der Waals surface area contributed by atoms with Gasteiger partial charge in [0.2, 0.25) is 0 Å². The molecule has 2 unspecified atom stereocenters. The Morgan fingerprint density at radius 1 is 0.611 bits per heavy atom.